The average molecular weight is 671 g/mol. The van der Waals surface area contributed by atoms with Crippen molar-refractivity contribution in [3.63, 3.8) is 0 Å². The summed E-state index contributed by atoms with van der Waals surface area (Å²) in [5, 5.41) is 40.1. The molecule has 0 saturated carbocycles. The maximum absolute atomic E-state index is 14.4. The van der Waals surface area contributed by atoms with Gasteiger partial charge >= 0.3 is 0 Å². The fraction of sp³-hybridized carbons (Fsp3) is 0.464. The lowest BCUT2D eigenvalue weighted by atomic mass is 9.90. The third kappa shape index (κ3) is 6.20. The Kier molecular flexibility index (Phi) is 9.51. The Morgan fingerprint density at radius 2 is 1.91 bits per heavy atom. The van der Waals surface area contributed by atoms with Crippen LogP contribution in [-0.2, 0) is 19.0 Å². The van der Waals surface area contributed by atoms with Crippen LogP contribution in [0.25, 0.3) is 11.3 Å². The number of ether oxygens (including phenoxy) is 3. The molecule has 7 atom stereocenters. The zero-order valence-corrected chi connectivity index (χ0v) is 24.7. The van der Waals surface area contributed by atoms with E-state index < -0.39 is 72.6 Å². The number of hydrogen-bond donors (Lipinski definition) is 3. The minimum Gasteiger partial charge on any atom is -0.394 e. The summed E-state index contributed by atoms with van der Waals surface area (Å²) in [5.74, 6) is -5.13. The van der Waals surface area contributed by atoms with Crippen molar-refractivity contribution in [1.29, 1.82) is 0 Å². The predicted molar refractivity (Wildman–Crippen MR) is 149 cm³/mol. The van der Waals surface area contributed by atoms with E-state index in [-0.39, 0.29) is 24.3 Å². The van der Waals surface area contributed by atoms with Crippen LogP contribution in [0.15, 0.2) is 41.0 Å². The Morgan fingerprint density at radius 3 is 2.53 bits per heavy atom. The normalized spacial score (nSPS) is 27.7. The molecule has 1 aromatic heterocycles. The summed E-state index contributed by atoms with van der Waals surface area (Å²) in [7, 11) is 1.29. The van der Waals surface area contributed by atoms with Crippen molar-refractivity contribution in [2.24, 2.45) is 0 Å². The number of aliphatic hydroxyl groups is 3. The lowest BCUT2D eigenvalue weighted by molar-refractivity contribution is -0.211. The Labute approximate surface area is 252 Å². The van der Waals surface area contributed by atoms with E-state index >= 15 is 0 Å². The van der Waals surface area contributed by atoms with Crippen molar-refractivity contribution >= 4 is 27.5 Å². The minimum atomic E-state index is -1.64. The molecule has 0 bridgehead atoms. The highest BCUT2D eigenvalue weighted by molar-refractivity contribution is 9.10. The van der Waals surface area contributed by atoms with Gasteiger partial charge in [0.15, 0.2) is 23.6 Å². The predicted octanol–water partition coefficient (Wildman–Crippen LogP) is 2.29. The highest BCUT2D eigenvalue weighted by Crippen LogP contribution is 2.36. The van der Waals surface area contributed by atoms with E-state index in [2.05, 4.69) is 26.2 Å². The minimum absolute atomic E-state index is 0.0372. The lowest BCUT2D eigenvalue weighted by Gasteiger charge is -2.46. The van der Waals surface area contributed by atoms with Gasteiger partial charge in [0.1, 0.15) is 30.0 Å². The van der Waals surface area contributed by atoms with Gasteiger partial charge in [0.05, 0.1) is 31.6 Å². The molecule has 0 unspecified atom stereocenters. The fourth-order valence-electron chi connectivity index (χ4n) is 5.55. The summed E-state index contributed by atoms with van der Waals surface area (Å²) >= 11 is 3.45. The first-order valence-electron chi connectivity index (χ1n) is 13.4. The first-order valence-corrected chi connectivity index (χ1v) is 14.2. The molecule has 43 heavy (non-hydrogen) atoms. The van der Waals surface area contributed by atoms with Gasteiger partial charge in [-0.3, -0.25) is 4.79 Å². The quantitative estimate of drug-likeness (QED) is 0.323. The van der Waals surface area contributed by atoms with Gasteiger partial charge in [-0.25, -0.2) is 17.9 Å². The molecule has 0 aliphatic carbocycles. The molecule has 2 aromatic carbocycles. The van der Waals surface area contributed by atoms with E-state index in [0.717, 1.165) is 22.4 Å². The molecule has 5 rings (SSSR count). The largest absolute Gasteiger partial charge is 0.394 e. The van der Waals surface area contributed by atoms with Crippen LogP contribution in [0.5, 0.6) is 0 Å². The van der Waals surface area contributed by atoms with Crippen molar-refractivity contribution in [3.05, 3.63) is 64.0 Å². The molecule has 3 N–H and O–H groups in total. The second-order valence-electron chi connectivity index (χ2n) is 10.5. The fourth-order valence-corrected chi connectivity index (χ4v) is 6.15. The van der Waals surface area contributed by atoms with Crippen LogP contribution in [0.2, 0.25) is 0 Å². The molecule has 2 saturated heterocycles. The highest BCUT2D eigenvalue weighted by atomic mass is 79.9. The number of rotatable bonds is 7. The van der Waals surface area contributed by atoms with Gasteiger partial charge in [0.2, 0.25) is 0 Å². The summed E-state index contributed by atoms with van der Waals surface area (Å²) in [4.78, 5) is 15.8. The standard InChI is InChI=1S/C28H30BrF3N4O7/c1-13-5-15(29)9-16(6-13)36(20-12-42-4-3-21(20)38)28(40)27-26(41-2)24(25(39)22(11-37)43-27)35-10-19(33-34-35)14-7-17(30)23(32)18(31)8-14/h5-10,20-22,24-27,37-39H,3-4,11-12H2,1-2H3/t20-,21-,22+,24-,25-,26+,27+/m0/s1. The van der Waals surface area contributed by atoms with E-state index in [9.17, 15) is 33.3 Å². The first kappa shape index (κ1) is 31.5. The zero-order chi connectivity index (χ0) is 31.0. The van der Waals surface area contributed by atoms with Crippen LogP contribution >= 0.6 is 15.9 Å². The van der Waals surface area contributed by atoms with Crippen LogP contribution in [0, 0.1) is 24.4 Å². The third-order valence-corrected chi connectivity index (χ3v) is 8.10. The van der Waals surface area contributed by atoms with Gasteiger partial charge in [-0.15, -0.1) is 5.10 Å². The SMILES string of the molecule is CO[C@@H]1[C@@H](n2cc(-c3cc(F)c(F)c(F)c3)nn2)[C@@H](O)[C@@H](CO)O[C@H]1C(=O)N(c1cc(C)cc(Br)c1)[C@H]1COCC[C@@H]1O. The van der Waals surface area contributed by atoms with Gasteiger partial charge in [-0.1, -0.05) is 21.1 Å². The number of aliphatic hydroxyl groups excluding tert-OH is 3. The summed E-state index contributed by atoms with van der Waals surface area (Å²) in [6.45, 7) is 1.51. The highest BCUT2D eigenvalue weighted by Gasteiger charge is 2.52. The van der Waals surface area contributed by atoms with Gasteiger partial charge < -0.3 is 34.4 Å². The van der Waals surface area contributed by atoms with Crippen LogP contribution in [0.4, 0.5) is 18.9 Å². The second-order valence-corrected chi connectivity index (χ2v) is 11.4. The molecule has 2 aliphatic rings. The van der Waals surface area contributed by atoms with Crippen LogP contribution < -0.4 is 4.90 Å². The van der Waals surface area contributed by atoms with Crippen molar-refractivity contribution in [3.8, 4) is 11.3 Å². The summed E-state index contributed by atoms with van der Waals surface area (Å²) in [6.07, 6.45) is -4.80. The maximum atomic E-state index is 14.4. The topological polar surface area (TPSA) is 139 Å². The summed E-state index contributed by atoms with van der Waals surface area (Å²) < 4.78 is 60.4. The zero-order valence-electron chi connectivity index (χ0n) is 23.1. The number of carbonyl (C=O) groups excluding carboxylic acids is 1. The second kappa shape index (κ2) is 13.0. The van der Waals surface area contributed by atoms with Crippen molar-refractivity contribution in [2.75, 3.05) is 31.8 Å². The number of aromatic nitrogens is 3. The maximum Gasteiger partial charge on any atom is 0.259 e. The Bertz CT molecular complexity index is 1440. The van der Waals surface area contributed by atoms with Crippen LogP contribution in [-0.4, -0.2) is 99.7 Å². The van der Waals surface area contributed by atoms with E-state index in [0.29, 0.717) is 16.8 Å². The van der Waals surface area contributed by atoms with Gasteiger partial charge in [0.25, 0.3) is 5.91 Å². The van der Waals surface area contributed by atoms with Crippen molar-refractivity contribution in [2.45, 2.75) is 55.9 Å². The molecule has 2 fully saturated rings. The van der Waals surface area contributed by atoms with Crippen LogP contribution in [0.1, 0.15) is 18.0 Å². The average Bonchev–Trinajstić information content (AvgIpc) is 3.45. The summed E-state index contributed by atoms with van der Waals surface area (Å²) in [6, 6.07) is 4.84. The number of anilines is 1. The van der Waals surface area contributed by atoms with Crippen molar-refractivity contribution in [1.82, 2.24) is 15.0 Å². The molecule has 11 nitrogen and oxygen atoms in total. The number of methoxy groups -OCH3 is 1. The molecule has 0 radical (unpaired) electrons. The summed E-state index contributed by atoms with van der Waals surface area (Å²) in [5.41, 5.74) is 1.10. The Hall–Kier alpha value is -2.92. The molecule has 3 aromatic rings. The van der Waals surface area contributed by atoms with Crippen molar-refractivity contribution < 1.29 is 47.5 Å². The van der Waals surface area contributed by atoms with E-state index in [1.165, 1.54) is 18.2 Å². The lowest BCUT2D eigenvalue weighted by Crippen LogP contribution is -2.64. The molecular weight excluding hydrogens is 641 g/mol. The smallest absolute Gasteiger partial charge is 0.259 e. The molecule has 1 amide bonds. The third-order valence-electron chi connectivity index (χ3n) is 7.64. The molecule has 3 heterocycles. The van der Waals surface area contributed by atoms with E-state index in [1.807, 2.05) is 13.0 Å². The molecule has 15 heteroatoms. The Balaban J connectivity index is 1.55. The number of benzene rings is 2. The first-order chi connectivity index (χ1) is 20.5. The number of hydrogen-bond acceptors (Lipinski definition) is 9. The van der Waals surface area contributed by atoms with Gasteiger partial charge in [0, 0.05) is 29.4 Å². The van der Waals surface area contributed by atoms with Gasteiger partial charge in [-0.05, 0) is 49.2 Å². The van der Waals surface area contributed by atoms with Crippen LogP contribution in [0.3, 0.4) is 0 Å². The molecule has 0 spiro atoms. The number of nitrogens with zero attached hydrogens (tertiary/aromatic N) is 4. The monoisotopic (exact) mass is 670 g/mol. The van der Waals surface area contributed by atoms with E-state index in [1.54, 1.807) is 12.1 Å². The van der Waals surface area contributed by atoms with Gasteiger partial charge in [-0.2, -0.15) is 0 Å². The van der Waals surface area contributed by atoms with E-state index in [4.69, 9.17) is 14.2 Å². The number of amides is 1. The number of aryl methyl sites for hydroxylation is 1. The number of carbonyl (C=O) groups is 1. The molecule has 2 aliphatic heterocycles. The molecular formula is C28H30BrF3N4O7. The molecule has 232 valence electrons. The number of halogens is 4. The Morgan fingerprint density at radius 1 is 1.19 bits per heavy atom.